The van der Waals surface area contributed by atoms with Crippen molar-refractivity contribution in [2.24, 2.45) is 0 Å². The summed E-state index contributed by atoms with van der Waals surface area (Å²) in [6.45, 7) is 0. The third-order valence-corrected chi connectivity index (χ3v) is 4.71. The number of hydrogen-bond donors (Lipinski definition) is 1. The summed E-state index contributed by atoms with van der Waals surface area (Å²) in [6.07, 6.45) is 1.63. The number of aromatic nitrogens is 3. The number of halogens is 1. The minimum Gasteiger partial charge on any atom is -0.497 e. The molecule has 1 N–H and O–H groups in total. The number of rotatable bonds is 5. The van der Waals surface area contributed by atoms with Crippen molar-refractivity contribution >= 4 is 34.3 Å². The molecule has 0 radical (unpaired) electrons. The number of benzene rings is 2. The van der Waals surface area contributed by atoms with Crippen LogP contribution in [0.2, 0.25) is 5.02 Å². The fourth-order valence-corrected chi connectivity index (χ4v) is 3.24. The maximum absolute atomic E-state index is 13.0. The van der Waals surface area contributed by atoms with Crippen molar-refractivity contribution in [2.75, 3.05) is 19.5 Å². The molecule has 0 amide bonds. The van der Waals surface area contributed by atoms with Gasteiger partial charge in [0.25, 0.3) is 5.56 Å². The second kappa shape index (κ2) is 7.81. The number of nitrogens with one attached hydrogen (secondary N) is 1. The number of fused-ring (bicyclic) bond motifs is 1. The molecule has 0 unspecified atom stereocenters. The minimum absolute atomic E-state index is 0.321. The highest BCUT2D eigenvalue weighted by Gasteiger charge is 2.15. The zero-order valence-corrected chi connectivity index (χ0v) is 16.5. The molecule has 4 aromatic rings. The van der Waals surface area contributed by atoms with E-state index in [2.05, 4.69) is 15.3 Å². The third kappa shape index (κ3) is 3.60. The van der Waals surface area contributed by atoms with Crippen molar-refractivity contribution in [3.8, 4) is 16.9 Å². The Hall–Kier alpha value is -3.58. The number of ether oxygens (including phenoxy) is 1. The molecule has 2 aromatic carbocycles. The zero-order valence-electron chi connectivity index (χ0n) is 15.7. The van der Waals surface area contributed by atoms with Gasteiger partial charge in [-0.05, 0) is 24.3 Å². The molecule has 4 rings (SSSR count). The molecule has 0 bridgehead atoms. The van der Waals surface area contributed by atoms with Crippen LogP contribution >= 0.6 is 11.6 Å². The summed E-state index contributed by atoms with van der Waals surface area (Å²) in [5, 5.41) is 4.22. The van der Waals surface area contributed by atoms with Crippen molar-refractivity contribution in [2.45, 2.75) is 0 Å². The molecule has 0 saturated carbocycles. The van der Waals surface area contributed by atoms with Gasteiger partial charge in [0.15, 0.2) is 5.65 Å². The van der Waals surface area contributed by atoms with Crippen molar-refractivity contribution in [3.05, 3.63) is 76.2 Å². The van der Waals surface area contributed by atoms with Crippen LogP contribution in [0.3, 0.4) is 0 Å². The molecule has 7 nitrogen and oxygen atoms in total. The van der Waals surface area contributed by atoms with Gasteiger partial charge in [0.05, 0.1) is 12.7 Å². The van der Waals surface area contributed by atoms with Crippen molar-refractivity contribution in [1.82, 2.24) is 14.7 Å². The lowest BCUT2D eigenvalue weighted by Gasteiger charge is -2.12. The van der Waals surface area contributed by atoms with Gasteiger partial charge in [0.1, 0.15) is 12.9 Å². The van der Waals surface area contributed by atoms with Crippen LogP contribution in [0, 0.1) is 0 Å². The highest BCUT2D eigenvalue weighted by atomic mass is 35.5. The molecule has 0 aliphatic heterocycles. The Labute approximate surface area is 171 Å². The quantitative estimate of drug-likeness (QED) is 0.539. The molecule has 0 saturated heterocycles. The Morgan fingerprint density at radius 2 is 1.86 bits per heavy atom. The summed E-state index contributed by atoms with van der Waals surface area (Å²) >= 11 is 6.28. The summed E-state index contributed by atoms with van der Waals surface area (Å²) in [7, 11) is 3.01. The van der Waals surface area contributed by atoms with Gasteiger partial charge in [-0.1, -0.05) is 35.9 Å². The average Bonchev–Trinajstić information content (AvgIpc) is 2.74. The van der Waals surface area contributed by atoms with Gasteiger partial charge >= 0.3 is 0 Å². The monoisotopic (exact) mass is 408 g/mol. The van der Waals surface area contributed by atoms with Crippen LogP contribution in [0.25, 0.3) is 22.2 Å². The summed E-state index contributed by atoms with van der Waals surface area (Å²) in [6, 6.07) is 16.2. The molecule has 146 valence electrons. The van der Waals surface area contributed by atoms with Gasteiger partial charge in [-0.3, -0.25) is 4.79 Å². The summed E-state index contributed by atoms with van der Waals surface area (Å²) in [5.74, 6) is 1.02. The van der Waals surface area contributed by atoms with E-state index < -0.39 is 0 Å². The van der Waals surface area contributed by atoms with E-state index in [-0.39, 0.29) is 5.56 Å². The van der Waals surface area contributed by atoms with Crippen LogP contribution < -0.4 is 20.5 Å². The Morgan fingerprint density at radius 1 is 1.03 bits per heavy atom. The van der Waals surface area contributed by atoms with Gasteiger partial charge < -0.3 is 14.9 Å². The van der Waals surface area contributed by atoms with Gasteiger partial charge in [-0.25, -0.2) is 4.98 Å². The van der Waals surface area contributed by atoms with E-state index in [0.717, 1.165) is 10.4 Å². The third-order valence-electron chi connectivity index (χ3n) is 4.38. The second-order valence-electron chi connectivity index (χ2n) is 6.15. The fourth-order valence-electron chi connectivity index (χ4n) is 3.00. The SMILES string of the molecule is COc1cccc(Nc2ncc3cc(-c4ccccc4Cl)c(=O)n(OC)c3n2)c1. The van der Waals surface area contributed by atoms with E-state index >= 15 is 0 Å². The van der Waals surface area contributed by atoms with Gasteiger partial charge in [0, 0.05) is 33.9 Å². The summed E-state index contributed by atoms with van der Waals surface area (Å²) < 4.78 is 6.35. The van der Waals surface area contributed by atoms with Crippen LogP contribution in [0.15, 0.2) is 65.6 Å². The van der Waals surface area contributed by atoms with E-state index in [1.807, 2.05) is 30.3 Å². The highest BCUT2D eigenvalue weighted by Crippen LogP contribution is 2.27. The topological polar surface area (TPSA) is 78.3 Å². The lowest BCUT2D eigenvalue weighted by Crippen LogP contribution is -2.27. The van der Waals surface area contributed by atoms with E-state index in [4.69, 9.17) is 21.2 Å². The van der Waals surface area contributed by atoms with Gasteiger partial charge in [-0.2, -0.15) is 4.98 Å². The number of methoxy groups -OCH3 is 1. The average molecular weight is 409 g/mol. The smallest absolute Gasteiger partial charge is 0.293 e. The molecule has 0 aliphatic rings. The summed E-state index contributed by atoms with van der Waals surface area (Å²) in [4.78, 5) is 27.1. The maximum Gasteiger partial charge on any atom is 0.293 e. The Kier molecular flexibility index (Phi) is 5.05. The van der Waals surface area contributed by atoms with E-state index in [9.17, 15) is 4.79 Å². The Bertz CT molecular complexity index is 1260. The van der Waals surface area contributed by atoms with Crippen molar-refractivity contribution < 1.29 is 9.57 Å². The van der Waals surface area contributed by atoms with Crippen molar-refractivity contribution in [1.29, 1.82) is 0 Å². The van der Waals surface area contributed by atoms with Crippen LogP contribution in [-0.2, 0) is 0 Å². The number of pyridine rings is 1. The molecule has 0 fully saturated rings. The first-order valence-corrected chi connectivity index (χ1v) is 9.12. The normalized spacial score (nSPS) is 10.7. The standard InChI is InChI=1S/C21H17ClN4O3/c1-28-15-7-5-6-14(11-15)24-21-23-12-13-10-17(16-8-3-4-9-18(16)22)20(27)26(29-2)19(13)25-21/h3-12H,1-2H3,(H,23,24,25). The first-order chi connectivity index (χ1) is 14.1. The first kappa shape index (κ1) is 18.8. The number of anilines is 2. The molecular weight excluding hydrogens is 392 g/mol. The van der Waals surface area contributed by atoms with Crippen LogP contribution in [0.4, 0.5) is 11.6 Å². The molecule has 29 heavy (non-hydrogen) atoms. The molecule has 8 heteroatoms. The first-order valence-electron chi connectivity index (χ1n) is 8.74. The maximum atomic E-state index is 13.0. The molecule has 0 spiro atoms. The molecular formula is C21H17ClN4O3. The zero-order chi connectivity index (χ0) is 20.4. The van der Waals surface area contributed by atoms with Crippen LogP contribution in [-0.4, -0.2) is 28.9 Å². The molecule has 0 aliphatic carbocycles. The van der Waals surface area contributed by atoms with Crippen molar-refractivity contribution in [3.63, 3.8) is 0 Å². The Balaban J connectivity index is 1.82. The van der Waals surface area contributed by atoms with E-state index in [1.165, 1.54) is 7.11 Å². The van der Waals surface area contributed by atoms with E-state index in [0.29, 0.717) is 38.9 Å². The predicted molar refractivity (Wildman–Crippen MR) is 113 cm³/mol. The largest absolute Gasteiger partial charge is 0.497 e. The molecule has 2 heterocycles. The Morgan fingerprint density at radius 3 is 2.62 bits per heavy atom. The van der Waals surface area contributed by atoms with E-state index in [1.54, 1.807) is 37.6 Å². The number of hydrogen-bond acceptors (Lipinski definition) is 6. The molecule has 0 atom stereocenters. The van der Waals surface area contributed by atoms with Crippen LogP contribution in [0.5, 0.6) is 5.75 Å². The fraction of sp³-hybridized carbons (Fsp3) is 0.0952. The summed E-state index contributed by atoms with van der Waals surface area (Å²) in [5.41, 5.74) is 1.75. The lowest BCUT2D eigenvalue weighted by atomic mass is 10.1. The minimum atomic E-state index is -0.362. The predicted octanol–water partition coefficient (Wildman–Crippen LogP) is 3.92. The number of nitrogens with zero attached hydrogens (tertiary/aromatic N) is 3. The van der Waals surface area contributed by atoms with Gasteiger partial charge in [-0.15, -0.1) is 4.73 Å². The second-order valence-corrected chi connectivity index (χ2v) is 6.56. The van der Waals surface area contributed by atoms with Crippen LogP contribution in [0.1, 0.15) is 0 Å². The lowest BCUT2D eigenvalue weighted by molar-refractivity contribution is 0.168. The van der Waals surface area contributed by atoms with Gasteiger partial charge in [0.2, 0.25) is 5.95 Å². The highest BCUT2D eigenvalue weighted by molar-refractivity contribution is 6.33. The molecule has 2 aromatic heterocycles.